The number of benzene rings is 1. The summed E-state index contributed by atoms with van der Waals surface area (Å²) in [5.41, 5.74) is 5.05. The fourth-order valence-corrected chi connectivity index (χ4v) is 3.29. The first-order valence-corrected chi connectivity index (χ1v) is 8.94. The summed E-state index contributed by atoms with van der Waals surface area (Å²) in [6.45, 7) is 5.09. The molecule has 1 saturated heterocycles. The van der Waals surface area contributed by atoms with Crippen LogP contribution in [-0.4, -0.2) is 40.3 Å². The Morgan fingerprint density at radius 2 is 2.22 bits per heavy atom. The van der Waals surface area contributed by atoms with Crippen LogP contribution in [0.15, 0.2) is 23.1 Å². The SMILES string of the molecule is CC(C)(N)CNS(=O)(=O)c1ccc(OCC2CCOC2)c(F)c1. The van der Waals surface area contributed by atoms with Crippen LogP contribution in [0.4, 0.5) is 4.39 Å². The van der Waals surface area contributed by atoms with E-state index in [0.29, 0.717) is 19.8 Å². The fourth-order valence-electron chi connectivity index (χ4n) is 2.05. The summed E-state index contributed by atoms with van der Waals surface area (Å²) in [5, 5.41) is 0. The molecule has 6 nitrogen and oxygen atoms in total. The molecule has 3 N–H and O–H groups in total. The maximum absolute atomic E-state index is 14.1. The van der Waals surface area contributed by atoms with Crippen molar-refractivity contribution in [1.82, 2.24) is 4.72 Å². The second kappa shape index (κ2) is 7.12. The number of hydrogen-bond acceptors (Lipinski definition) is 5. The summed E-state index contributed by atoms with van der Waals surface area (Å²) in [4.78, 5) is -0.157. The van der Waals surface area contributed by atoms with Crippen LogP contribution >= 0.6 is 0 Å². The maximum Gasteiger partial charge on any atom is 0.240 e. The van der Waals surface area contributed by atoms with E-state index in [2.05, 4.69) is 4.72 Å². The molecule has 0 saturated carbocycles. The average Bonchev–Trinajstić information content (AvgIpc) is 2.96. The summed E-state index contributed by atoms with van der Waals surface area (Å²) >= 11 is 0. The molecule has 1 heterocycles. The molecule has 0 radical (unpaired) electrons. The lowest BCUT2D eigenvalue weighted by Crippen LogP contribution is -2.45. The Morgan fingerprint density at radius 1 is 1.48 bits per heavy atom. The van der Waals surface area contributed by atoms with E-state index in [9.17, 15) is 12.8 Å². The van der Waals surface area contributed by atoms with Gasteiger partial charge in [-0.25, -0.2) is 17.5 Å². The van der Waals surface area contributed by atoms with Gasteiger partial charge in [0.25, 0.3) is 0 Å². The molecule has 0 aromatic heterocycles. The van der Waals surface area contributed by atoms with E-state index in [1.54, 1.807) is 13.8 Å². The van der Waals surface area contributed by atoms with Gasteiger partial charge < -0.3 is 15.2 Å². The summed E-state index contributed by atoms with van der Waals surface area (Å²) in [6, 6.07) is 3.59. The van der Waals surface area contributed by atoms with Crippen molar-refractivity contribution in [3.05, 3.63) is 24.0 Å². The molecule has 1 aromatic rings. The van der Waals surface area contributed by atoms with Crippen molar-refractivity contribution in [2.24, 2.45) is 11.7 Å². The molecule has 0 aliphatic carbocycles. The number of nitrogens with one attached hydrogen (secondary N) is 1. The highest BCUT2D eigenvalue weighted by Crippen LogP contribution is 2.23. The molecule has 0 spiro atoms. The van der Waals surface area contributed by atoms with Crippen LogP contribution in [0, 0.1) is 11.7 Å². The zero-order chi connectivity index (χ0) is 17.1. The van der Waals surface area contributed by atoms with Gasteiger partial charge in [-0.2, -0.15) is 0 Å². The molecule has 1 unspecified atom stereocenters. The van der Waals surface area contributed by atoms with Crippen molar-refractivity contribution in [3.8, 4) is 5.75 Å². The minimum absolute atomic E-state index is 0.0370. The normalized spacial score (nSPS) is 19.0. The first-order valence-electron chi connectivity index (χ1n) is 7.46. The van der Waals surface area contributed by atoms with E-state index in [4.69, 9.17) is 15.2 Å². The van der Waals surface area contributed by atoms with Crippen LogP contribution in [0.3, 0.4) is 0 Å². The molecule has 1 aliphatic rings. The van der Waals surface area contributed by atoms with E-state index in [1.807, 2.05) is 0 Å². The molecule has 1 aromatic carbocycles. The quantitative estimate of drug-likeness (QED) is 0.776. The number of halogens is 1. The van der Waals surface area contributed by atoms with Gasteiger partial charge in [0.1, 0.15) is 0 Å². The van der Waals surface area contributed by atoms with Gasteiger partial charge in [0.05, 0.1) is 18.1 Å². The summed E-state index contributed by atoms with van der Waals surface area (Å²) in [6.07, 6.45) is 0.882. The monoisotopic (exact) mass is 346 g/mol. The topological polar surface area (TPSA) is 90.7 Å². The third-order valence-electron chi connectivity index (χ3n) is 3.43. The lowest BCUT2D eigenvalue weighted by atomic mass is 10.1. The molecule has 23 heavy (non-hydrogen) atoms. The zero-order valence-electron chi connectivity index (χ0n) is 13.3. The molecular formula is C15H23FN2O4S. The van der Waals surface area contributed by atoms with E-state index in [1.165, 1.54) is 12.1 Å². The van der Waals surface area contributed by atoms with Gasteiger partial charge in [0, 0.05) is 24.6 Å². The summed E-state index contributed by atoms with van der Waals surface area (Å²) in [7, 11) is -3.81. The standard InChI is InChI=1S/C15H23FN2O4S/c1-15(2,17)10-18-23(19,20)12-3-4-14(13(16)7-12)22-9-11-5-6-21-8-11/h3-4,7,11,18H,5-6,8-10,17H2,1-2H3. The number of hydrogen-bond donors (Lipinski definition) is 2. The van der Waals surface area contributed by atoms with Gasteiger partial charge in [-0.3, -0.25) is 0 Å². The second-order valence-corrected chi connectivity index (χ2v) is 8.21. The highest BCUT2D eigenvalue weighted by atomic mass is 32.2. The van der Waals surface area contributed by atoms with Gasteiger partial charge in [0.15, 0.2) is 11.6 Å². The molecule has 130 valence electrons. The maximum atomic E-state index is 14.1. The Hall–Kier alpha value is -1.22. The fraction of sp³-hybridized carbons (Fsp3) is 0.600. The number of rotatable bonds is 7. The zero-order valence-corrected chi connectivity index (χ0v) is 14.2. The highest BCUT2D eigenvalue weighted by Gasteiger charge is 2.21. The van der Waals surface area contributed by atoms with Crippen LogP contribution in [0.1, 0.15) is 20.3 Å². The minimum Gasteiger partial charge on any atom is -0.490 e. The second-order valence-electron chi connectivity index (χ2n) is 6.45. The highest BCUT2D eigenvalue weighted by molar-refractivity contribution is 7.89. The van der Waals surface area contributed by atoms with Crippen LogP contribution in [0.2, 0.25) is 0 Å². The van der Waals surface area contributed by atoms with E-state index >= 15 is 0 Å². The Bertz CT molecular complexity index is 637. The largest absolute Gasteiger partial charge is 0.490 e. The van der Waals surface area contributed by atoms with Crippen molar-refractivity contribution in [3.63, 3.8) is 0 Å². The molecule has 1 atom stereocenters. The molecule has 1 fully saturated rings. The Kier molecular flexibility index (Phi) is 5.61. The summed E-state index contributed by atoms with van der Waals surface area (Å²) in [5.74, 6) is -0.430. The average molecular weight is 346 g/mol. The summed E-state index contributed by atoms with van der Waals surface area (Å²) < 4.78 is 51.3. The lowest BCUT2D eigenvalue weighted by molar-refractivity contribution is 0.165. The van der Waals surface area contributed by atoms with Crippen molar-refractivity contribution in [2.75, 3.05) is 26.4 Å². The van der Waals surface area contributed by atoms with Crippen LogP contribution in [-0.2, 0) is 14.8 Å². The van der Waals surface area contributed by atoms with E-state index in [0.717, 1.165) is 12.5 Å². The third kappa shape index (κ3) is 5.42. The van der Waals surface area contributed by atoms with Crippen molar-refractivity contribution >= 4 is 10.0 Å². The smallest absolute Gasteiger partial charge is 0.240 e. The lowest BCUT2D eigenvalue weighted by Gasteiger charge is -2.19. The van der Waals surface area contributed by atoms with Crippen molar-refractivity contribution < 1.29 is 22.3 Å². The van der Waals surface area contributed by atoms with Crippen molar-refractivity contribution in [1.29, 1.82) is 0 Å². The number of sulfonamides is 1. The molecule has 0 amide bonds. The third-order valence-corrected chi connectivity index (χ3v) is 4.83. The Balaban J connectivity index is 2.02. The molecule has 2 rings (SSSR count). The van der Waals surface area contributed by atoms with Crippen molar-refractivity contribution in [2.45, 2.75) is 30.7 Å². The predicted molar refractivity (Wildman–Crippen MR) is 84.3 cm³/mol. The van der Waals surface area contributed by atoms with Gasteiger partial charge in [-0.15, -0.1) is 0 Å². The van der Waals surface area contributed by atoms with Gasteiger partial charge in [-0.1, -0.05) is 0 Å². The first-order chi connectivity index (χ1) is 10.7. The molecule has 8 heteroatoms. The van der Waals surface area contributed by atoms with Crippen LogP contribution < -0.4 is 15.2 Å². The predicted octanol–water partition coefficient (Wildman–Crippen LogP) is 1.26. The van der Waals surface area contributed by atoms with Crippen LogP contribution in [0.25, 0.3) is 0 Å². The van der Waals surface area contributed by atoms with E-state index in [-0.39, 0.29) is 23.1 Å². The Morgan fingerprint density at radius 3 is 2.78 bits per heavy atom. The Labute approximate surface area is 136 Å². The van der Waals surface area contributed by atoms with Gasteiger partial charge in [-0.05, 0) is 38.5 Å². The van der Waals surface area contributed by atoms with Crippen LogP contribution in [0.5, 0.6) is 5.75 Å². The molecule has 1 aliphatic heterocycles. The van der Waals surface area contributed by atoms with Gasteiger partial charge >= 0.3 is 0 Å². The first kappa shape index (κ1) is 18.1. The van der Waals surface area contributed by atoms with E-state index < -0.39 is 21.4 Å². The van der Waals surface area contributed by atoms with Gasteiger partial charge in [0.2, 0.25) is 10.0 Å². The number of nitrogens with two attached hydrogens (primary N) is 1. The molecule has 0 bridgehead atoms. The number of ether oxygens (including phenoxy) is 2. The minimum atomic E-state index is -3.81. The molecular weight excluding hydrogens is 323 g/mol.